The molecule has 0 unspecified atom stereocenters. The predicted molar refractivity (Wildman–Crippen MR) is 89.2 cm³/mol. The molecule has 0 aromatic heterocycles. The summed E-state index contributed by atoms with van der Waals surface area (Å²) in [6, 6.07) is 16.1. The quantitative estimate of drug-likeness (QED) is 0.887. The number of carbonyl (C=O) groups is 1. The molecule has 0 heterocycles. The molecule has 0 spiro atoms. The molecule has 0 bridgehead atoms. The first-order valence-electron chi connectivity index (χ1n) is 7.62. The molecule has 22 heavy (non-hydrogen) atoms. The zero-order chi connectivity index (χ0) is 15.9. The summed E-state index contributed by atoms with van der Waals surface area (Å²) in [5.74, 6) is 0.715. The lowest BCUT2D eigenvalue weighted by Gasteiger charge is -2.18. The van der Waals surface area contributed by atoms with Gasteiger partial charge in [-0.05, 0) is 43.9 Å². The van der Waals surface area contributed by atoms with Crippen molar-refractivity contribution in [2.24, 2.45) is 0 Å². The van der Waals surface area contributed by atoms with Crippen molar-refractivity contribution >= 4 is 5.91 Å². The van der Waals surface area contributed by atoms with Crippen molar-refractivity contribution in [3.63, 3.8) is 0 Å². The Balaban J connectivity index is 1.85. The van der Waals surface area contributed by atoms with E-state index in [-0.39, 0.29) is 5.91 Å². The van der Waals surface area contributed by atoms with E-state index in [4.69, 9.17) is 4.74 Å². The Labute approximate surface area is 132 Å². The van der Waals surface area contributed by atoms with Crippen LogP contribution in [0.25, 0.3) is 0 Å². The van der Waals surface area contributed by atoms with Crippen molar-refractivity contribution in [3.05, 3.63) is 65.2 Å². The van der Waals surface area contributed by atoms with Crippen molar-refractivity contribution in [1.29, 1.82) is 0 Å². The first-order valence-corrected chi connectivity index (χ1v) is 7.62. The first-order chi connectivity index (χ1) is 10.6. The summed E-state index contributed by atoms with van der Waals surface area (Å²) in [5, 5.41) is 2.93. The number of amides is 1. The van der Waals surface area contributed by atoms with Crippen LogP contribution in [0.1, 0.15) is 23.6 Å². The minimum Gasteiger partial charge on any atom is -0.480 e. The third kappa shape index (κ3) is 4.35. The maximum atomic E-state index is 12.1. The van der Waals surface area contributed by atoms with Gasteiger partial charge in [0.2, 0.25) is 0 Å². The Kier molecular flexibility index (Phi) is 5.59. The van der Waals surface area contributed by atoms with Gasteiger partial charge >= 0.3 is 0 Å². The van der Waals surface area contributed by atoms with Crippen LogP contribution in [-0.4, -0.2) is 18.6 Å². The lowest BCUT2D eigenvalue weighted by Crippen LogP contribution is -2.37. The molecule has 0 aliphatic carbocycles. The molecule has 2 aromatic rings. The fourth-order valence-electron chi connectivity index (χ4n) is 2.33. The number of ether oxygens (including phenoxy) is 1. The molecule has 1 N–H and O–H groups in total. The minimum atomic E-state index is -0.504. The maximum Gasteiger partial charge on any atom is 0.260 e. The summed E-state index contributed by atoms with van der Waals surface area (Å²) in [6.07, 6.45) is 0.318. The fourth-order valence-corrected chi connectivity index (χ4v) is 2.33. The summed E-state index contributed by atoms with van der Waals surface area (Å²) in [6.45, 7) is 6.37. The molecule has 3 heteroatoms. The average Bonchev–Trinajstić information content (AvgIpc) is 2.52. The Hall–Kier alpha value is -2.29. The average molecular weight is 297 g/mol. The van der Waals surface area contributed by atoms with Gasteiger partial charge in [-0.2, -0.15) is 0 Å². The summed E-state index contributed by atoms with van der Waals surface area (Å²) in [7, 11) is 0. The highest BCUT2D eigenvalue weighted by Crippen LogP contribution is 2.23. The van der Waals surface area contributed by atoms with Crippen molar-refractivity contribution in [2.45, 2.75) is 33.3 Å². The zero-order valence-electron chi connectivity index (χ0n) is 13.4. The number of carbonyl (C=O) groups excluding carboxylic acids is 1. The fraction of sp³-hybridized carbons (Fsp3) is 0.316. The van der Waals surface area contributed by atoms with Crippen molar-refractivity contribution in [2.75, 3.05) is 6.54 Å². The molecule has 0 aliphatic rings. The largest absolute Gasteiger partial charge is 0.480 e. The molecule has 0 fully saturated rings. The van der Waals surface area contributed by atoms with Crippen LogP contribution >= 0.6 is 0 Å². The minimum absolute atomic E-state index is 0.0846. The molecule has 1 atom stereocenters. The molecular weight excluding hydrogens is 274 g/mol. The van der Waals surface area contributed by atoms with E-state index in [9.17, 15) is 4.79 Å². The van der Waals surface area contributed by atoms with Crippen LogP contribution in [0.2, 0.25) is 0 Å². The van der Waals surface area contributed by atoms with Crippen LogP contribution in [0, 0.1) is 13.8 Å². The van der Waals surface area contributed by atoms with E-state index in [1.165, 1.54) is 5.56 Å². The number of benzene rings is 2. The SMILES string of the molecule is Cc1cccc(C)c1O[C@@H](C)C(=O)NCCc1ccccc1. The smallest absolute Gasteiger partial charge is 0.260 e. The third-order valence-corrected chi connectivity index (χ3v) is 3.63. The molecule has 2 rings (SSSR count). The molecule has 0 saturated heterocycles. The van der Waals surface area contributed by atoms with Gasteiger partial charge in [-0.1, -0.05) is 48.5 Å². The third-order valence-electron chi connectivity index (χ3n) is 3.63. The van der Waals surface area contributed by atoms with Crippen LogP contribution in [0.5, 0.6) is 5.75 Å². The molecule has 0 radical (unpaired) electrons. The van der Waals surface area contributed by atoms with Gasteiger partial charge < -0.3 is 10.1 Å². The van der Waals surface area contributed by atoms with E-state index in [1.54, 1.807) is 6.92 Å². The van der Waals surface area contributed by atoms with E-state index in [2.05, 4.69) is 17.4 Å². The van der Waals surface area contributed by atoms with Gasteiger partial charge in [0.1, 0.15) is 5.75 Å². The number of aryl methyl sites for hydroxylation is 2. The predicted octanol–water partition coefficient (Wildman–Crippen LogP) is 3.43. The van der Waals surface area contributed by atoms with Gasteiger partial charge in [0.25, 0.3) is 5.91 Å². The van der Waals surface area contributed by atoms with Gasteiger partial charge in [0.05, 0.1) is 0 Å². The van der Waals surface area contributed by atoms with E-state index in [1.807, 2.05) is 50.2 Å². The van der Waals surface area contributed by atoms with Crippen LogP contribution in [0.15, 0.2) is 48.5 Å². The molecule has 1 amide bonds. The highest BCUT2D eigenvalue weighted by molar-refractivity contribution is 5.80. The monoisotopic (exact) mass is 297 g/mol. The lowest BCUT2D eigenvalue weighted by molar-refractivity contribution is -0.127. The molecule has 0 saturated carbocycles. The van der Waals surface area contributed by atoms with Crippen molar-refractivity contribution in [1.82, 2.24) is 5.32 Å². The van der Waals surface area contributed by atoms with Gasteiger partial charge in [0.15, 0.2) is 6.10 Å². The number of hydrogen-bond donors (Lipinski definition) is 1. The summed E-state index contributed by atoms with van der Waals surface area (Å²) >= 11 is 0. The molecular formula is C19H23NO2. The van der Waals surface area contributed by atoms with Gasteiger partial charge in [-0.3, -0.25) is 4.79 Å². The molecule has 2 aromatic carbocycles. The number of nitrogens with one attached hydrogen (secondary N) is 1. The summed E-state index contributed by atoms with van der Waals surface area (Å²) < 4.78 is 5.83. The molecule has 116 valence electrons. The molecule has 0 aliphatic heterocycles. The van der Waals surface area contributed by atoms with Crippen LogP contribution in [0.4, 0.5) is 0 Å². The summed E-state index contributed by atoms with van der Waals surface area (Å²) in [4.78, 5) is 12.1. The van der Waals surface area contributed by atoms with E-state index in [0.717, 1.165) is 23.3 Å². The second-order valence-electron chi connectivity index (χ2n) is 5.51. The van der Waals surface area contributed by atoms with Gasteiger partial charge in [-0.25, -0.2) is 0 Å². The normalized spacial score (nSPS) is 11.8. The van der Waals surface area contributed by atoms with Crippen molar-refractivity contribution < 1.29 is 9.53 Å². The second-order valence-corrected chi connectivity index (χ2v) is 5.51. The highest BCUT2D eigenvalue weighted by atomic mass is 16.5. The number of rotatable bonds is 6. The lowest BCUT2D eigenvalue weighted by atomic mass is 10.1. The van der Waals surface area contributed by atoms with Crippen molar-refractivity contribution in [3.8, 4) is 5.75 Å². The Bertz CT molecular complexity index is 602. The number of hydrogen-bond acceptors (Lipinski definition) is 2. The van der Waals surface area contributed by atoms with Crippen LogP contribution < -0.4 is 10.1 Å². The van der Waals surface area contributed by atoms with Crippen LogP contribution in [0.3, 0.4) is 0 Å². The van der Waals surface area contributed by atoms with Crippen LogP contribution in [-0.2, 0) is 11.2 Å². The van der Waals surface area contributed by atoms with E-state index in [0.29, 0.717) is 6.54 Å². The molecule has 3 nitrogen and oxygen atoms in total. The topological polar surface area (TPSA) is 38.3 Å². The van der Waals surface area contributed by atoms with E-state index < -0.39 is 6.10 Å². The Morgan fingerprint density at radius 3 is 2.32 bits per heavy atom. The zero-order valence-corrected chi connectivity index (χ0v) is 13.4. The Morgan fingerprint density at radius 1 is 1.05 bits per heavy atom. The van der Waals surface area contributed by atoms with Gasteiger partial charge in [0, 0.05) is 6.54 Å². The maximum absolute atomic E-state index is 12.1. The van der Waals surface area contributed by atoms with E-state index >= 15 is 0 Å². The van der Waals surface area contributed by atoms with Gasteiger partial charge in [-0.15, -0.1) is 0 Å². The second kappa shape index (κ2) is 7.64. The first kappa shape index (κ1) is 16.1. The Morgan fingerprint density at radius 2 is 1.68 bits per heavy atom. The standard InChI is InChI=1S/C19H23NO2/c1-14-8-7-9-15(2)18(14)22-16(3)19(21)20-13-12-17-10-5-4-6-11-17/h4-11,16H,12-13H2,1-3H3,(H,20,21)/t16-/m0/s1. The summed E-state index contributed by atoms with van der Waals surface area (Å²) in [5.41, 5.74) is 3.30. The highest BCUT2D eigenvalue weighted by Gasteiger charge is 2.16. The number of para-hydroxylation sites is 1.